The number of hydrogen-bond acceptors (Lipinski definition) is 8. The highest BCUT2D eigenvalue weighted by atomic mass is 35.5. The van der Waals surface area contributed by atoms with Gasteiger partial charge >= 0.3 is 6.01 Å². The topological polar surface area (TPSA) is 102 Å². The fourth-order valence-electron chi connectivity index (χ4n) is 6.57. The molecule has 2 N–H and O–H groups in total. The molecule has 0 bridgehead atoms. The van der Waals surface area contributed by atoms with Crippen LogP contribution in [-0.4, -0.2) is 82.6 Å². The van der Waals surface area contributed by atoms with Crippen LogP contribution in [-0.2, 0) is 6.54 Å². The van der Waals surface area contributed by atoms with Gasteiger partial charge < -0.3 is 24.7 Å². The second-order valence-corrected chi connectivity index (χ2v) is 11.7. The molecule has 12 heteroatoms. The Balaban J connectivity index is 0.000000296. The molecule has 0 aliphatic carbocycles. The Bertz CT molecular complexity index is 1500. The number of ether oxygens (including phenoxy) is 1. The molecule has 4 aliphatic rings. The lowest BCUT2D eigenvalue weighted by Crippen LogP contribution is -2.29. The summed E-state index contributed by atoms with van der Waals surface area (Å²) in [5.74, 6) is -0.625. The smallest absolute Gasteiger partial charge is 0.318 e. The van der Waals surface area contributed by atoms with Gasteiger partial charge in [0, 0.05) is 37.1 Å². The molecule has 7 rings (SSSR count). The zero-order chi connectivity index (χ0) is 29.5. The van der Waals surface area contributed by atoms with Crippen molar-refractivity contribution in [3.63, 3.8) is 0 Å². The summed E-state index contributed by atoms with van der Waals surface area (Å²) in [5, 5.41) is 21.0. The molecule has 3 aromatic rings. The van der Waals surface area contributed by atoms with Gasteiger partial charge in [0.1, 0.15) is 29.1 Å². The van der Waals surface area contributed by atoms with Gasteiger partial charge in [-0.15, -0.1) is 0 Å². The fourth-order valence-corrected chi connectivity index (χ4v) is 6.84. The number of benzene rings is 2. The van der Waals surface area contributed by atoms with Crippen LogP contribution >= 0.6 is 11.6 Å². The number of alkyl halides is 1. The number of aromatic hydroxyl groups is 1. The van der Waals surface area contributed by atoms with E-state index in [1.165, 1.54) is 49.1 Å². The van der Waals surface area contributed by atoms with E-state index in [-0.39, 0.29) is 34.9 Å². The van der Waals surface area contributed by atoms with Gasteiger partial charge in [-0.25, -0.2) is 8.78 Å². The predicted molar refractivity (Wildman–Crippen MR) is 156 cm³/mol. The number of aliphatic hydroxyl groups excluding tert-OH is 1. The number of aromatic nitrogens is 2. The van der Waals surface area contributed by atoms with Crippen molar-refractivity contribution in [3.05, 3.63) is 46.4 Å². The van der Waals surface area contributed by atoms with Crippen molar-refractivity contribution in [2.75, 3.05) is 43.1 Å². The number of phenolic OH excluding ortho intramolecular Hbond substituents is 1. The van der Waals surface area contributed by atoms with Gasteiger partial charge in [-0.3, -0.25) is 9.69 Å². The first kappa shape index (κ1) is 28.8. The van der Waals surface area contributed by atoms with E-state index < -0.39 is 18.1 Å². The number of amides is 1. The van der Waals surface area contributed by atoms with Crippen molar-refractivity contribution in [2.45, 2.75) is 63.4 Å². The molecule has 4 aliphatic heterocycles. The molecule has 42 heavy (non-hydrogen) atoms. The van der Waals surface area contributed by atoms with Gasteiger partial charge in [0.2, 0.25) is 0 Å². The Morgan fingerprint density at radius 2 is 1.90 bits per heavy atom. The van der Waals surface area contributed by atoms with Gasteiger partial charge in [0.05, 0.1) is 36.2 Å². The Hall–Kier alpha value is -3.28. The molecular weight excluding hydrogens is 568 g/mol. The number of aliphatic hydroxyl groups is 1. The molecule has 3 atom stereocenters. The highest BCUT2D eigenvalue weighted by molar-refractivity contribution is 6.37. The largest absolute Gasteiger partial charge is 0.508 e. The number of rotatable bonds is 3. The average molecular weight is 602 g/mol. The summed E-state index contributed by atoms with van der Waals surface area (Å²) in [7, 11) is 1.46. The number of anilines is 2. The van der Waals surface area contributed by atoms with Gasteiger partial charge in [-0.05, 0) is 62.6 Å². The van der Waals surface area contributed by atoms with Gasteiger partial charge in [-0.2, -0.15) is 9.97 Å². The number of methoxy groups -OCH3 is 1. The highest BCUT2D eigenvalue weighted by Crippen LogP contribution is 2.42. The standard InChI is InChI=1S/C23H22ClFN4O4.C7H12FN/c1-33-23-26-16-11-29(17-10-14(31)9-12-4-5-15(25)20(24)18(12)17)22(32)19(16)21(27-23)28-7-2-3-13(30)6-8-28;8-6-4-7-2-1-3-9(7)5-6/h4-5,9-10,13,30-31H,2-3,6-8,11H2,1H3;6-7H,1-5H2. The predicted octanol–water partition coefficient (Wildman–Crippen LogP) is 4.84. The zero-order valence-corrected chi connectivity index (χ0v) is 24.2. The quantitative estimate of drug-likeness (QED) is 0.440. The molecule has 0 spiro atoms. The maximum atomic E-state index is 14.3. The van der Waals surface area contributed by atoms with Crippen molar-refractivity contribution in [1.29, 1.82) is 0 Å². The Kier molecular flexibility index (Phi) is 8.08. The third-order valence-corrected chi connectivity index (χ3v) is 8.98. The third kappa shape index (κ3) is 5.45. The molecule has 224 valence electrons. The molecule has 2 aromatic carbocycles. The van der Waals surface area contributed by atoms with E-state index in [0.29, 0.717) is 66.4 Å². The van der Waals surface area contributed by atoms with Crippen LogP contribution in [0.1, 0.15) is 54.6 Å². The normalized spacial score (nSPS) is 23.9. The van der Waals surface area contributed by atoms with E-state index in [1.807, 2.05) is 4.90 Å². The van der Waals surface area contributed by atoms with Crippen LogP contribution in [0, 0.1) is 5.82 Å². The number of carbonyl (C=O) groups excluding carboxylic acids is 1. The van der Waals surface area contributed by atoms with Crippen LogP contribution in [0.2, 0.25) is 5.02 Å². The van der Waals surface area contributed by atoms with Crippen LogP contribution in [0.25, 0.3) is 10.8 Å². The molecule has 0 saturated carbocycles. The van der Waals surface area contributed by atoms with Crippen LogP contribution < -0.4 is 14.5 Å². The first-order valence-corrected chi connectivity index (χ1v) is 14.8. The first-order valence-electron chi connectivity index (χ1n) is 14.4. The van der Waals surface area contributed by atoms with Crippen molar-refractivity contribution in [3.8, 4) is 11.8 Å². The Morgan fingerprint density at radius 3 is 2.69 bits per heavy atom. The molecule has 5 heterocycles. The van der Waals surface area contributed by atoms with Crippen molar-refractivity contribution in [1.82, 2.24) is 14.9 Å². The summed E-state index contributed by atoms with van der Waals surface area (Å²) < 4.78 is 32.2. The maximum Gasteiger partial charge on any atom is 0.318 e. The van der Waals surface area contributed by atoms with Crippen molar-refractivity contribution in [2.24, 2.45) is 0 Å². The van der Waals surface area contributed by atoms with E-state index in [0.717, 1.165) is 19.4 Å². The molecule has 0 radical (unpaired) electrons. The number of halogens is 3. The van der Waals surface area contributed by atoms with E-state index in [9.17, 15) is 23.8 Å². The second kappa shape index (κ2) is 11.8. The number of phenols is 1. The van der Waals surface area contributed by atoms with Crippen LogP contribution in [0.15, 0.2) is 24.3 Å². The van der Waals surface area contributed by atoms with Gasteiger partial charge in [0.15, 0.2) is 0 Å². The second-order valence-electron chi connectivity index (χ2n) is 11.4. The molecule has 1 aromatic heterocycles. The number of nitrogens with zero attached hydrogens (tertiary/aromatic N) is 5. The van der Waals surface area contributed by atoms with Gasteiger partial charge in [-0.1, -0.05) is 17.7 Å². The van der Waals surface area contributed by atoms with Crippen LogP contribution in [0.5, 0.6) is 11.8 Å². The number of carbonyl (C=O) groups is 1. The molecule has 3 unspecified atom stereocenters. The minimum atomic E-state index is -0.620. The summed E-state index contributed by atoms with van der Waals surface area (Å²) >= 11 is 6.28. The summed E-state index contributed by atoms with van der Waals surface area (Å²) in [5.41, 5.74) is 1.08. The lowest BCUT2D eigenvalue weighted by Gasteiger charge is -2.24. The van der Waals surface area contributed by atoms with E-state index in [2.05, 4.69) is 14.9 Å². The molecule has 1 amide bonds. The lowest BCUT2D eigenvalue weighted by atomic mass is 10.1. The minimum Gasteiger partial charge on any atom is -0.508 e. The monoisotopic (exact) mass is 601 g/mol. The van der Waals surface area contributed by atoms with Crippen LogP contribution in [0.4, 0.5) is 20.3 Å². The first-order chi connectivity index (χ1) is 20.2. The van der Waals surface area contributed by atoms with E-state index in [4.69, 9.17) is 16.3 Å². The Morgan fingerprint density at radius 1 is 1.10 bits per heavy atom. The summed E-state index contributed by atoms with van der Waals surface area (Å²) in [6.07, 6.45) is 4.42. The maximum absolute atomic E-state index is 14.3. The molecule has 9 nitrogen and oxygen atoms in total. The molecule has 3 saturated heterocycles. The summed E-state index contributed by atoms with van der Waals surface area (Å²) in [6.45, 7) is 3.11. The third-order valence-electron chi connectivity index (χ3n) is 8.61. The fraction of sp³-hybridized carbons (Fsp3) is 0.500. The minimum absolute atomic E-state index is 0.0747. The number of hydrogen-bond donors (Lipinski definition) is 2. The SMILES string of the molecule is COc1nc2c(c(N3CCCC(O)CC3)n1)C(=O)N(c1cc(O)cc3ccc(F)c(Cl)c13)C2.FC1CC2CCCN2C1. The lowest BCUT2D eigenvalue weighted by molar-refractivity contribution is 0.0997. The number of fused-ring (bicyclic) bond motifs is 3. The van der Waals surface area contributed by atoms with Crippen molar-refractivity contribution >= 4 is 39.8 Å². The van der Waals surface area contributed by atoms with E-state index in [1.54, 1.807) is 0 Å². The van der Waals surface area contributed by atoms with Crippen LogP contribution in [0.3, 0.4) is 0 Å². The highest BCUT2D eigenvalue weighted by Gasteiger charge is 2.38. The van der Waals surface area contributed by atoms with E-state index >= 15 is 0 Å². The zero-order valence-electron chi connectivity index (χ0n) is 23.4. The van der Waals surface area contributed by atoms with Crippen molar-refractivity contribution < 1.29 is 28.5 Å². The molecule has 3 fully saturated rings. The average Bonchev–Trinajstić information content (AvgIpc) is 3.59. The summed E-state index contributed by atoms with van der Waals surface area (Å²) in [4.78, 5) is 28.2. The Labute approximate surface area is 247 Å². The van der Waals surface area contributed by atoms with Gasteiger partial charge in [0.25, 0.3) is 5.91 Å². The molecular formula is C30H34ClF2N5O4. The summed E-state index contributed by atoms with van der Waals surface area (Å²) in [6, 6.07) is 6.33.